The maximum Gasteiger partial charge on any atom is 0.322 e. The number of aliphatic carboxylic acids is 1. The third kappa shape index (κ3) is 2.93. The molecule has 138 valence electrons. The van der Waals surface area contributed by atoms with E-state index in [9.17, 15) is 18.3 Å². The summed E-state index contributed by atoms with van der Waals surface area (Å²) in [6, 6.07) is 8.27. The van der Waals surface area contributed by atoms with Crippen molar-refractivity contribution in [1.29, 1.82) is 0 Å². The molecule has 5 nitrogen and oxygen atoms in total. The summed E-state index contributed by atoms with van der Waals surface area (Å²) in [6.07, 6.45) is 0.174. The van der Waals surface area contributed by atoms with Crippen LogP contribution in [0, 0.1) is 27.7 Å². The van der Waals surface area contributed by atoms with Gasteiger partial charge in [0, 0.05) is 13.0 Å². The molecule has 26 heavy (non-hydrogen) atoms. The molecular weight excluding hydrogens is 350 g/mol. The normalized spacial score (nSPS) is 17.8. The van der Waals surface area contributed by atoms with Crippen LogP contribution in [-0.4, -0.2) is 29.8 Å². The molecule has 1 heterocycles. The molecule has 1 atom stereocenters. The largest absolute Gasteiger partial charge is 0.480 e. The second-order valence-electron chi connectivity index (χ2n) is 6.97. The molecule has 0 aromatic heterocycles. The van der Waals surface area contributed by atoms with Crippen LogP contribution in [0.3, 0.4) is 0 Å². The van der Waals surface area contributed by atoms with Crippen LogP contribution in [0.2, 0.25) is 0 Å². The Morgan fingerprint density at radius 2 is 1.58 bits per heavy atom. The highest BCUT2D eigenvalue weighted by Crippen LogP contribution is 2.34. The fraction of sp³-hybridized carbons (Fsp3) is 0.350. The fourth-order valence-electron chi connectivity index (χ4n) is 3.65. The molecule has 1 aliphatic heterocycles. The Morgan fingerprint density at radius 1 is 1.04 bits per heavy atom. The van der Waals surface area contributed by atoms with Gasteiger partial charge in [-0.15, -0.1) is 0 Å². The molecule has 0 amide bonds. The first kappa shape index (κ1) is 18.6. The van der Waals surface area contributed by atoms with Gasteiger partial charge in [0.1, 0.15) is 6.04 Å². The maximum absolute atomic E-state index is 13.5. The molecule has 1 unspecified atom stereocenters. The number of rotatable bonds is 3. The quantitative estimate of drug-likeness (QED) is 0.897. The maximum atomic E-state index is 13.5. The number of carbonyl (C=O) groups is 1. The van der Waals surface area contributed by atoms with Crippen LogP contribution in [0.25, 0.3) is 0 Å². The van der Waals surface area contributed by atoms with E-state index in [-0.39, 0.29) is 17.9 Å². The Hall–Kier alpha value is -2.18. The van der Waals surface area contributed by atoms with Crippen LogP contribution in [0.1, 0.15) is 33.4 Å². The van der Waals surface area contributed by atoms with Crippen molar-refractivity contribution in [3.05, 3.63) is 63.7 Å². The van der Waals surface area contributed by atoms with Gasteiger partial charge in [0.05, 0.1) is 4.90 Å². The van der Waals surface area contributed by atoms with Crippen LogP contribution in [-0.2, 0) is 27.8 Å². The van der Waals surface area contributed by atoms with Crippen molar-refractivity contribution in [2.24, 2.45) is 0 Å². The van der Waals surface area contributed by atoms with E-state index in [1.54, 1.807) is 13.8 Å². The van der Waals surface area contributed by atoms with Crippen molar-refractivity contribution in [2.45, 2.75) is 51.6 Å². The third-order valence-electron chi connectivity index (χ3n) is 5.35. The lowest BCUT2D eigenvalue weighted by Crippen LogP contribution is -2.48. The van der Waals surface area contributed by atoms with E-state index in [1.165, 1.54) is 0 Å². The molecule has 3 rings (SSSR count). The Kier molecular flexibility index (Phi) is 4.67. The first-order valence-electron chi connectivity index (χ1n) is 8.53. The summed E-state index contributed by atoms with van der Waals surface area (Å²) in [4.78, 5) is 12.1. The monoisotopic (exact) mass is 373 g/mol. The number of nitrogens with zero attached hydrogens (tertiary/aromatic N) is 1. The van der Waals surface area contributed by atoms with Gasteiger partial charge in [-0.25, -0.2) is 8.42 Å². The smallest absolute Gasteiger partial charge is 0.322 e. The number of sulfonamides is 1. The summed E-state index contributed by atoms with van der Waals surface area (Å²) in [5.41, 5.74) is 4.87. The summed E-state index contributed by atoms with van der Waals surface area (Å²) >= 11 is 0. The second-order valence-corrected chi connectivity index (χ2v) is 8.79. The molecular formula is C20H23NO4S. The van der Waals surface area contributed by atoms with Gasteiger partial charge >= 0.3 is 5.97 Å². The predicted molar refractivity (Wildman–Crippen MR) is 99.7 cm³/mol. The average Bonchev–Trinajstić information content (AvgIpc) is 2.58. The van der Waals surface area contributed by atoms with Gasteiger partial charge in [0.15, 0.2) is 0 Å². The summed E-state index contributed by atoms with van der Waals surface area (Å²) in [5, 5.41) is 9.69. The summed E-state index contributed by atoms with van der Waals surface area (Å²) in [5.74, 6) is -1.12. The van der Waals surface area contributed by atoms with Crippen LogP contribution in [0.5, 0.6) is 0 Å². The first-order valence-corrected chi connectivity index (χ1v) is 9.97. The number of fused-ring (bicyclic) bond motifs is 1. The van der Waals surface area contributed by atoms with E-state index >= 15 is 0 Å². The summed E-state index contributed by atoms with van der Waals surface area (Å²) < 4.78 is 28.2. The zero-order chi connectivity index (χ0) is 19.2. The second kappa shape index (κ2) is 6.52. The van der Waals surface area contributed by atoms with Crippen LogP contribution in [0.4, 0.5) is 0 Å². The summed E-state index contributed by atoms with van der Waals surface area (Å²) in [6.45, 7) is 7.38. The lowest BCUT2D eigenvalue weighted by molar-refractivity contribution is -0.141. The Morgan fingerprint density at radius 3 is 2.12 bits per heavy atom. The van der Waals surface area contributed by atoms with Gasteiger partial charge in [0.2, 0.25) is 10.0 Å². The molecule has 0 radical (unpaired) electrons. The fourth-order valence-corrected chi connectivity index (χ4v) is 5.79. The van der Waals surface area contributed by atoms with Crippen molar-refractivity contribution in [3.8, 4) is 0 Å². The number of hydrogen-bond acceptors (Lipinski definition) is 3. The van der Waals surface area contributed by atoms with Crippen molar-refractivity contribution in [3.63, 3.8) is 0 Å². The molecule has 1 N–H and O–H groups in total. The zero-order valence-electron chi connectivity index (χ0n) is 15.4. The van der Waals surface area contributed by atoms with Crippen molar-refractivity contribution < 1.29 is 18.3 Å². The molecule has 0 bridgehead atoms. The molecule has 0 saturated heterocycles. The standard InChI is InChI=1S/C20H23NO4S/c1-12-9-13(2)15(4)19(14(12)3)26(24,25)21-11-17-8-6-5-7-16(17)10-18(21)20(22)23/h5-9,18H,10-11H2,1-4H3,(H,22,23). The lowest BCUT2D eigenvalue weighted by Gasteiger charge is -2.34. The number of benzene rings is 2. The lowest BCUT2D eigenvalue weighted by atomic mass is 9.96. The molecule has 2 aromatic rings. The predicted octanol–water partition coefficient (Wildman–Crippen LogP) is 3.12. The summed E-state index contributed by atoms with van der Waals surface area (Å²) in [7, 11) is -3.95. The topological polar surface area (TPSA) is 74.7 Å². The Balaban J connectivity index is 2.19. The number of carboxylic acid groups (broad SMARTS) is 1. The average molecular weight is 373 g/mol. The van der Waals surface area contributed by atoms with E-state index in [1.807, 2.05) is 44.2 Å². The van der Waals surface area contributed by atoms with E-state index < -0.39 is 22.0 Å². The first-order chi connectivity index (χ1) is 12.1. The van der Waals surface area contributed by atoms with Crippen molar-refractivity contribution >= 4 is 16.0 Å². The molecule has 2 aromatic carbocycles. The number of carboxylic acids is 1. The van der Waals surface area contributed by atoms with Gasteiger partial charge in [-0.05, 0) is 61.1 Å². The molecule has 6 heteroatoms. The highest BCUT2D eigenvalue weighted by atomic mass is 32.2. The van der Waals surface area contributed by atoms with Crippen LogP contribution in [0.15, 0.2) is 35.2 Å². The molecule has 0 spiro atoms. The Labute approximate surface area is 154 Å². The molecule has 1 aliphatic rings. The minimum absolute atomic E-state index is 0.0708. The van der Waals surface area contributed by atoms with Crippen molar-refractivity contribution in [2.75, 3.05) is 0 Å². The molecule has 0 aliphatic carbocycles. The molecule has 0 fully saturated rings. The van der Waals surface area contributed by atoms with Gasteiger partial charge in [-0.3, -0.25) is 4.79 Å². The number of aryl methyl sites for hydroxylation is 2. The highest BCUT2D eigenvalue weighted by Gasteiger charge is 2.41. The Bertz CT molecular complexity index is 969. The highest BCUT2D eigenvalue weighted by molar-refractivity contribution is 7.89. The van der Waals surface area contributed by atoms with Gasteiger partial charge in [-0.2, -0.15) is 4.31 Å². The van der Waals surface area contributed by atoms with E-state index in [0.717, 1.165) is 26.6 Å². The third-order valence-corrected chi connectivity index (χ3v) is 7.48. The molecule has 0 saturated carbocycles. The van der Waals surface area contributed by atoms with Gasteiger partial charge in [-0.1, -0.05) is 30.3 Å². The van der Waals surface area contributed by atoms with E-state index in [4.69, 9.17) is 0 Å². The minimum Gasteiger partial charge on any atom is -0.480 e. The van der Waals surface area contributed by atoms with Gasteiger partial charge < -0.3 is 5.11 Å². The van der Waals surface area contributed by atoms with Crippen LogP contribution >= 0.6 is 0 Å². The van der Waals surface area contributed by atoms with E-state index in [2.05, 4.69) is 0 Å². The van der Waals surface area contributed by atoms with E-state index in [0.29, 0.717) is 11.1 Å². The SMILES string of the molecule is Cc1cc(C)c(C)c(S(=O)(=O)N2Cc3ccccc3CC2C(=O)O)c1C. The number of hydrogen-bond donors (Lipinski definition) is 1. The zero-order valence-corrected chi connectivity index (χ0v) is 16.2. The van der Waals surface area contributed by atoms with Crippen LogP contribution < -0.4 is 0 Å². The van der Waals surface area contributed by atoms with Crippen molar-refractivity contribution in [1.82, 2.24) is 4.31 Å². The van der Waals surface area contributed by atoms with Gasteiger partial charge in [0.25, 0.3) is 0 Å². The minimum atomic E-state index is -3.95.